The Balaban J connectivity index is 1.58. The van der Waals surface area contributed by atoms with Gasteiger partial charge in [-0.1, -0.05) is 11.6 Å². The van der Waals surface area contributed by atoms with Crippen LogP contribution in [0.3, 0.4) is 0 Å². The summed E-state index contributed by atoms with van der Waals surface area (Å²) in [7, 11) is -1.05. The van der Waals surface area contributed by atoms with E-state index in [4.69, 9.17) is 16.3 Å². The van der Waals surface area contributed by atoms with Crippen molar-refractivity contribution in [1.29, 1.82) is 0 Å². The molecule has 1 aliphatic heterocycles. The second kappa shape index (κ2) is 7.89. The summed E-state index contributed by atoms with van der Waals surface area (Å²) < 4.78 is 21.6. The first-order valence-electron chi connectivity index (χ1n) is 8.50. The summed E-state index contributed by atoms with van der Waals surface area (Å²) >= 11 is 6.03. The van der Waals surface area contributed by atoms with Gasteiger partial charge in [-0.15, -0.1) is 0 Å². The first-order chi connectivity index (χ1) is 13.1. The Morgan fingerprint density at radius 3 is 3.11 bits per heavy atom. The van der Waals surface area contributed by atoms with E-state index >= 15 is 0 Å². The number of aromatic nitrogens is 4. The van der Waals surface area contributed by atoms with Crippen LogP contribution in [0.4, 0.5) is 5.82 Å². The summed E-state index contributed by atoms with van der Waals surface area (Å²) in [5.41, 5.74) is 2.54. The Morgan fingerprint density at radius 1 is 1.37 bits per heavy atom. The topological polar surface area (TPSA) is 84.7 Å². The van der Waals surface area contributed by atoms with Crippen LogP contribution in [0.5, 0.6) is 0 Å². The van der Waals surface area contributed by atoms with Gasteiger partial charge in [-0.05, 0) is 24.3 Å². The molecule has 0 radical (unpaired) electrons. The molecule has 1 saturated heterocycles. The minimum absolute atomic E-state index is 0.0376. The lowest BCUT2D eigenvalue weighted by Gasteiger charge is -2.33. The van der Waals surface area contributed by atoms with Crippen LogP contribution < -0.4 is 9.62 Å². The Bertz CT molecular complexity index is 981. The van der Waals surface area contributed by atoms with Crippen molar-refractivity contribution < 1.29 is 8.95 Å². The molecule has 0 amide bonds. The Morgan fingerprint density at radius 2 is 2.26 bits per heavy atom. The minimum Gasteiger partial charge on any atom is -0.373 e. The number of anilines is 1. The van der Waals surface area contributed by atoms with E-state index in [0.717, 1.165) is 29.3 Å². The lowest BCUT2D eigenvalue weighted by Crippen LogP contribution is -2.47. The van der Waals surface area contributed by atoms with Crippen LogP contribution >= 0.6 is 11.6 Å². The van der Waals surface area contributed by atoms with Gasteiger partial charge in [0.15, 0.2) is 5.65 Å². The molecule has 2 unspecified atom stereocenters. The second-order valence-corrected chi connectivity index (χ2v) is 7.80. The van der Waals surface area contributed by atoms with Crippen LogP contribution in [0.25, 0.3) is 16.9 Å². The van der Waals surface area contributed by atoms with Crippen molar-refractivity contribution >= 4 is 34.1 Å². The van der Waals surface area contributed by atoms with E-state index in [0.29, 0.717) is 24.8 Å². The van der Waals surface area contributed by atoms with E-state index in [1.54, 1.807) is 29.2 Å². The zero-order valence-electron chi connectivity index (χ0n) is 14.7. The maximum atomic E-state index is 11.2. The van der Waals surface area contributed by atoms with E-state index in [1.165, 1.54) is 0 Å². The number of rotatable bonds is 5. The Labute approximate surface area is 164 Å². The molecule has 142 valence electrons. The Kier molecular flexibility index (Phi) is 5.35. The highest BCUT2D eigenvalue weighted by Gasteiger charge is 2.22. The van der Waals surface area contributed by atoms with Crippen molar-refractivity contribution in [2.24, 2.45) is 0 Å². The highest BCUT2D eigenvalue weighted by molar-refractivity contribution is 7.82. The fraction of sp³-hybridized carbons (Fsp3) is 0.353. The maximum absolute atomic E-state index is 11.2. The minimum atomic E-state index is -1.05. The largest absolute Gasteiger partial charge is 0.373 e. The average molecular weight is 407 g/mol. The molecule has 1 aliphatic rings. The molecule has 3 aromatic heterocycles. The van der Waals surface area contributed by atoms with Gasteiger partial charge in [0.05, 0.1) is 35.6 Å². The molecule has 10 heteroatoms. The lowest BCUT2D eigenvalue weighted by atomic mass is 10.2. The number of ether oxygens (including phenoxy) is 1. The van der Waals surface area contributed by atoms with Gasteiger partial charge in [0, 0.05) is 37.7 Å². The van der Waals surface area contributed by atoms with Crippen molar-refractivity contribution in [1.82, 2.24) is 24.3 Å². The number of halogens is 1. The van der Waals surface area contributed by atoms with Crippen molar-refractivity contribution in [2.75, 3.05) is 37.4 Å². The van der Waals surface area contributed by atoms with Gasteiger partial charge in [0.2, 0.25) is 0 Å². The van der Waals surface area contributed by atoms with Gasteiger partial charge in [0.1, 0.15) is 11.0 Å². The molecule has 4 heterocycles. The number of fused-ring (bicyclic) bond motifs is 1. The molecule has 8 nitrogen and oxygen atoms in total. The number of nitrogens with one attached hydrogen (secondary N) is 1. The van der Waals surface area contributed by atoms with Crippen LogP contribution in [-0.4, -0.2) is 62.4 Å². The Hall–Kier alpha value is -2.07. The van der Waals surface area contributed by atoms with Crippen molar-refractivity contribution in [3.63, 3.8) is 0 Å². The molecule has 0 saturated carbocycles. The summed E-state index contributed by atoms with van der Waals surface area (Å²) in [6.45, 7) is 2.56. The van der Waals surface area contributed by atoms with E-state index in [2.05, 4.69) is 24.7 Å². The number of imidazole rings is 1. The van der Waals surface area contributed by atoms with E-state index in [1.807, 2.05) is 18.2 Å². The fourth-order valence-electron chi connectivity index (χ4n) is 3.06. The van der Waals surface area contributed by atoms with Crippen molar-refractivity contribution in [3.05, 3.63) is 41.8 Å². The fourth-order valence-corrected chi connectivity index (χ4v) is 3.62. The highest BCUT2D eigenvalue weighted by atomic mass is 35.5. The lowest BCUT2D eigenvalue weighted by molar-refractivity contribution is 0.0442. The number of morpholine rings is 1. The average Bonchev–Trinajstić information content (AvgIpc) is 3.10. The quantitative estimate of drug-likeness (QED) is 0.691. The summed E-state index contributed by atoms with van der Waals surface area (Å²) in [6.07, 6.45) is 5.13. The van der Waals surface area contributed by atoms with E-state index in [-0.39, 0.29) is 6.10 Å². The van der Waals surface area contributed by atoms with Crippen LogP contribution in [0.1, 0.15) is 0 Å². The van der Waals surface area contributed by atoms with Crippen molar-refractivity contribution in [2.45, 2.75) is 6.10 Å². The van der Waals surface area contributed by atoms with Crippen LogP contribution in [0.2, 0.25) is 5.15 Å². The smallest absolute Gasteiger partial charge is 0.154 e. The summed E-state index contributed by atoms with van der Waals surface area (Å²) in [5, 5.41) is 4.75. The third-order valence-electron chi connectivity index (χ3n) is 4.35. The first-order valence-corrected chi connectivity index (χ1v) is 10.4. The van der Waals surface area contributed by atoms with Crippen LogP contribution in [0.15, 0.2) is 36.7 Å². The third kappa shape index (κ3) is 4.11. The number of pyridine rings is 1. The maximum Gasteiger partial charge on any atom is 0.154 e. The van der Waals surface area contributed by atoms with Gasteiger partial charge < -0.3 is 9.64 Å². The molecule has 0 aliphatic carbocycles. The zero-order chi connectivity index (χ0) is 18.8. The molecule has 1 N–H and O–H groups in total. The first kappa shape index (κ1) is 18.3. The normalized spacial score (nSPS) is 18.7. The molecule has 4 rings (SSSR count). The summed E-state index contributed by atoms with van der Waals surface area (Å²) in [4.78, 5) is 11.1. The summed E-state index contributed by atoms with van der Waals surface area (Å²) in [6, 6.07) is 7.49. The summed E-state index contributed by atoms with van der Waals surface area (Å²) in [5.74, 6) is 0.857. The molecule has 3 aromatic rings. The van der Waals surface area contributed by atoms with Gasteiger partial charge >= 0.3 is 0 Å². The predicted octanol–water partition coefficient (Wildman–Crippen LogP) is 1.53. The standard InChI is InChI=1S/C17H19ClN6O2S/c1-27(25)21-9-13-11-23(6-7-26-13)17-8-12(4-5-19-17)14-10-20-16-3-2-15(18)22-24(14)16/h2-5,8,10,13,21H,6-7,9,11H2,1H3. The van der Waals surface area contributed by atoms with Crippen LogP contribution in [0, 0.1) is 0 Å². The van der Waals surface area contributed by atoms with E-state index in [9.17, 15) is 4.21 Å². The molecule has 2 atom stereocenters. The van der Waals surface area contributed by atoms with Gasteiger partial charge in [0.25, 0.3) is 0 Å². The van der Waals surface area contributed by atoms with Crippen molar-refractivity contribution in [3.8, 4) is 11.3 Å². The second-order valence-electron chi connectivity index (χ2n) is 6.21. The zero-order valence-corrected chi connectivity index (χ0v) is 16.3. The van der Waals surface area contributed by atoms with Gasteiger partial charge in [-0.3, -0.25) is 0 Å². The SMILES string of the molecule is CS(=O)NCC1CN(c2cc(-c3cnc4ccc(Cl)nn34)ccn2)CCO1. The van der Waals surface area contributed by atoms with Crippen LogP contribution in [-0.2, 0) is 15.7 Å². The van der Waals surface area contributed by atoms with Gasteiger partial charge in [-0.2, -0.15) is 5.10 Å². The molecule has 0 spiro atoms. The monoisotopic (exact) mass is 406 g/mol. The molecule has 1 fully saturated rings. The van der Waals surface area contributed by atoms with Gasteiger partial charge in [-0.25, -0.2) is 23.4 Å². The predicted molar refractivity (Wildman–Crippen MR) is 105 cm³/mol. The number of nitrogens with zero attached hydrogens (tertiary/aromatic N) is 5. The number of hydrogen-bond acceptors (Lipinski definition) is 6. The number of hydrogen-bond donors (Lipinski definition) is 1. The highest BCUT2D eigenvalue weighted by Crippen LogP contribution is 2.25. The molecule has 0 bridgehead atoms. The molecule has 27 heavy (non-hydrogen) atoms. The third-order valence-corrected chi connectivity index (χ3v) is 5.12. The molecular weight excluding hydrogens is 388 g/mol. The van der Waals surface area contributed by atoms with E-state index < -0.39 is 11.0 Å². The molecular formula is C17H19ClN6O2S. The molecule has 0 aromatic carbocycles.